The quantitative estimate of drug-likeness (QED) is 0.558. The van der Waals surface area contributed by atoms with Crippen molar-refractivity contribution in [3.63, 3.8) is 0 Å². The summed E-state index contributed by atoms with van der Waals surface area (Å²) in [5.74, 6) is -1.24. The Bertz CT molecular complexity index is 1140. The van der Waals surface area contributed by atoms with E-state index in [1.54, 1.807) is 24.3 Å². The second kappa shape index (κ2) is 9.50. The molecule has 1 unspecified atom stereocenters. The van der Waals surface area contributed by atoms with Gasteiger partial charge in [-0.1, -0.05) is 18.2 Å². The van der Waals surface area contributed by atoms with E-state index in [1.807, 2.05) is 0 Å². The van der Waals surface area contributed by atoms with E-state index < -0.39 is 28.0 Å². The van der Waals surface area contributed by atoms with Crippen molar-refractivity contribution in [2.75, 3.05) is 26.7 Å². The van der Waals surface area contributed by atoms with Crippen LogP contribution in [0.25, 0.3) is 0 Å². The van der Waals surface area contributed by atoms with Gasteiger partial charge in [0.1, 0.15) is 17.9 Å². The van der Waals surface area contributed by atoms with Crippen LogP contribution in [0.4, 0.5) is 0 Å². The van der Waals surface area contributed by atoms with Gasteiger partial charge in [-0.3, -0.25) is 4.90 Å². The number of esters is 1. The minimum absolute atomic E-state index is 0.175. The monoisotopic (exact) mass is 474 g/mol. The third kappa shape index (κ3) is 5.18. The maximum Gasteiger partial charge on any atom is 0.335 e. The second-order valence-corrected chi connectivity index (χ2v) is 9.99. The van der Waals surface area contributed by atoms with Crippen molar-refractivity contribution in [2.45, 2.75) is 29.9 Å². The van der Waals surface area contributed by atoms with E-state index in [0.717, 1.165) is 32.0 Å². The van der Waals surface area contributed by atoms with Crippen LogP contribution < -0.4 is 9.46 Å². The number of nitrogens with zero attached hydrogens (tertiary/aromatic N) is 1. The molecule has 10 heteroatoms. The number of hydrogen-bond acceptors (Lipinski definition) is 7. The van der Waals surface area contributed by atoms with Crippen molar-refractivity contribution in [2.24, 2.45) is 5.92 Å². The fraction of sp³-hybridized carbons (Fsp3) is 0.391. The molecule has 2 aromatic carbocycles. The zero-order valence-electron chi connectivity index (χ0n) is 18.1. The third-order valence-electron chi connectivity index (χ3n) is 6.19. The molecule has 0 aliphatic carbocycles. The first kappa shape index (κ1) is 23.2. The summed E-state index contributed by atoms with van der Waals surface area (Å²) in [7, 11) is -2.77. The van der Waals surface area contributed by atoms with Gasteiger partial charge in [0.25, 0.3) is 0 Å². The molecule has 0 spiro atoms. The van der Waals surface area contributed by atoms with Crippen LogP contribution in [0, 0.1) is 5.92 Å². The topological polar surface area (TPSA) is 122 Å². The first-order valence-electron chi connectivity index (χ1n) is 10.7. The molecule has 33 heavy (non-hydrogen) atoms. The van der Waals surface area contributed by atoms with Crippen LogP contribution in [-0.2, 0) is 19.6 Å². The number of rotatable bonds is 8. The predicted molar refractivity (Wildman–Crippen MR) is 119 cm³/mol. The van der Waals surface area contributed by atoms with E-state index >= 15 is 0 Å². The molecule has 0 radical (unpaired) electrons. The average Bonchev–Trinajstić information content (AvgIpc) is 2.83. The van der Waals surface area contributed by atoms with Crippen molar-refractivity contribution in [3.05, 3.63) is 59.7 Å². The van der Waals surface area contributed by atoms with E-state index in [2.05, 4.69) is 9.62 Å². The Kier molecular flexibility index (Phi) is 6.68. The van der Waals surface area contributed by atoms with E-state index in [-0.39, 0.29) is 22.5 Å². The number of aromatic carboxylic acids is 1. The Morgan fingerprint density at radius 3 is 2.48 bits per heavy atom. The maximum absolute atomic E-state index is 13.3. The van der Waals surface area contributed by atoms with Gasteiger partial charge in [-0.25, -0.2) is 18.0 Å². The molecule has 3 heterocycles. The van der Waals surface area contributed by atoms with Crippen LogP contribution in [0.3, 0.4) is 0 Å². The summed E-state index contributed by atoms with van der Waals surface area (Å²) in [5.41, 5.74) is 0.184. The second-order valence-electron chi connectivity index (χ2n) is 8.28. The number of benzene rings is 2. The molecule has 9 nitrogen and oxygen atoms in total. The number of carbonyl (C=O) groups excluding carboxylic acids is 1. The summed E-state index contributed by atoms with van der Waals surface area (Å²) < 4.78 is 39.7. The van der Waals surface area contributed by atoms with Gasteiger partial charge in [-0.05, 0) is 67.7 Å². The molecule has 2 bridgehead atoms. The van der Waals surface area contributed by atoms with Crippen LogP contribution in [-0.4, -0.2) is 63.2 Å². The zero-order valence-corrected chi connectivity index (χ0v) is 19.0. The van der Waals surface area contributed by atoms with Gasteiger partial charge in [-0.2, -0.15) is 4.72 Å². The van der Waals surface area contributed by atoms with E-state index in [4.69, 9.17) is 9.47 Å². The minimum Gasteiger partial charge on any atom is -0.497 e. The summed E-state index contributed by atoms with van der Waals surface area (Å²) >= 11 is 0. The van der Waals surface area contributed by atoms with Crippen LogP contribution >= 0.6 is 0 Å². The lowest BCUT2D eigenvalue weighted by atomic mass is 9.86. The number of sulfonamides is 1. The fourth-order valence-corrected chi connectivity index (χ4v) is 5.57. The number of fused-ring (bicyclic) bond motifs is 3. The van der Waals surface area contributed by atoms with E-state index in [1.165, 1.54) is 25.3 Å². The van der Waals surface area contributed by atoms with Crippen LogP contribution in [0.5, 0.6) is 5.75 Å². The first-order chi connectivity index (χ1) is 15.8. The van der Waals surface area contributed by atoms with Crippen LogP contribution in [0.1, 0.15) is 34.8 Å². The van der Waals surface area contributed by atoms with E-state index in [9.17, 15) is 23.1 Å². The molecular formula is C23H26N2O7S. The SMILES string of the molecule is COc1cccc(C(NS(=O)(=O)c2cccc(C(=O)O)c2)C(=O)O[C@H]2CN3CCC2CC3)c1. The largest absolute Gasteiger partial charge is 0.497 e. The average molecular weight is 475 g/mol. The minimum atomic E-state index is -4.24. The molecule has 3 aliphatic rings. The lowest BCUT2D eigenvalue weighted by Crippen LogP contribution is -2.52. The predicted octanol–water partition coefficient (Wildman–Crippen LogP) is 2.05. The van der Waals surface area contributed by atoms with Gasteiger partial charge in [0, 0.05) is 6.54 Å². The highest BCUT2D eigenvalue weighted by atomic mass is 32.2. The molecule has 2 atom stereocenters. The van der Waals surface area contributed by atoms with Gasteiger partial charge >= 0.3 is 11.9 Å². The number of piperidine rings is 3. The number of methoxy groups -OCH3 is 1. The molecule has 2 N–H and O–H groups in total. The summed E-state index contributed by atoms with van der Waals surface area (Å²) in [6.07, 6.45) is 1.58. The molecule has 3 aliphatic heterocycles. The van der Waals surface area contributed by atoms with Crippen molar-refractivity contribution in [1.82, 2.24) is 9.62 Å². The van der Waals surface area contributed by atoms with Crippen molar-refractivity contribution in [3.8, 4) is 5.75 Å². The highest BCUT2D eigenvalue weighted by Gasteiger charge is 2.39. The Morgan fingerprint density at radius 1 is 1.12 bits per heavy atom. The summed E-state index contributed by atoms with van der Waals surface area (Å²) in [4.78, 5) is 26.5. The molecule has 0 saturated carbocycles. The van der Waals surface area contributed by atoms with E-state index in [0.29, 0.717) is 17.9 Å². The summed E-state index contributed by atoms with van der Waals surface area (Å²) in [5, 5.41) is 9.21. The van der Waals surface area contributed by atoms with Gasteiger partial charge in [0.15, 0.2) is 0 Å². The number of carbonyl (C=O) groups is 2. The van der Waals surface area contributed by atoms with Crippen LogP contribution in [0.15, 0.2) is 53.4 Å². The number of carboxylic acid groups (broad SMARTS) is 1. The highest BCUT2D eigenvalue weighted by molar-refractivity contribution is 7.89. The number of nitrogens with one attached hydrogen (secondary N) is 1. The Hall–Kier alpha value is -2.95. The molecule has 3 fully saturated rings. The molecular weight excluding hydrogens is 448 g/mol. The fourth-order valence-electron chi connectivity index (χ4n) is 4.35. The lowest BCUT2D eigenvalue weighted by molar-refractivity contribution is -0.161. The maximum atomic E-state index is 13.3. The first-order valence-corrected chi connectivity index (χ1v) is 12.2. The molecule has 2 aromatic rings. The summed E-state index contributed by atoms with van der Waals surface area (Å²) in [6.45, 7) is 2.59. The van der Waals surface area contributed by atoms with Crippen molar-refractivity contribution >= 4 is 22.0 Å². The smallest absolute Gasteiger partial charge is 0.335 e. The van der Waals surface area contributed by atoms with Gasteiger partial charge < -0.3 is 14.6 Å². The highest BCUT2D eigenvalue weighted by Crippen LogP contribution is 2.31. The summed E-state index contributed by atoms with van der Waals surface area (Å²) in [6, 6.07) is 10.1. The lowest BCUT2D eigenvalue weighted by Gasteiger charge is -2.44. The molecule has 3 saturated heterocycles. The molecule has 0 aromatic heterocycles. The Labute approximate surface area is 192 Å². The molecule has 176 valence electrons. The van der Waals surface area contributed by atoms with Gasteiger partial charge in [0.05, 0.1) is 17.6 Å². The van der Waals surface area contributed by atoms with Crippen LogP contribution in [0.2, 0.25) is 0 Å². The number of hydrogen-bond donors (Lipinski definition) is 2. The number of carboxylic acids is 1. The normalized spacial score (nSPS) is 23.0. The standard InChI is InChI=1S/C23H26N2O7S/c1-31-18-6-2-4-16(12-18)21(23(28)32-20-14-25-10-8-15(20)9-11-25)24-33(29,30)19-7-3-5-17(13-19)22(26)27/h2-7,12-13,15,20-21,24H,8-11,14H2,1H3,(H,26,27)/t20-,21?/m0/s1. The zero-order chi connectivity index (χ0) is 23.6. The van der Waals surface area contributed by atoms with Crippen molar-refractivity contribution < 1.29 is 32.6 Å². The molecule has 5 rings (SSSR count). The number of ether oxygens (including phenoxy) is 2. The molecule has 0 amide bonds. The third-order valence-corrected chi connectivity index (χ3v) is 7.61. The Morgan fingerprint density at radius 2 is 1.85 bits per heavy atom. The van der Waals surface area contributed by atoms with Crippen molar-refractivity contribution in [1.29, 1.82) is 0 Å². The van der Waals surface area contributed by atoms with Gasteiger partial charge in [-0.15, -0.1) is 0 Å². The van der Waals surface area contributed by atoms with Gasteiger partial charge in [0.2, 0.25) is 10.0 Å². The Balaban J connectivity index is 1.63.